The molecule has 1 aliphatic heterocycles. The molecule has 1 aliphatic rings. The van der Waals surface area contributed by atoms with E-state index in [4.69, 9.17) is 0 Å². The van der Waals surface area contributed by atoms with Crippen LogP contribution in [0.5, 0.6) is 0 Å². The van der Waals surface area contributed by atoms with Gasteiger partial charge in [-0.1, -0.05) is 18.2 Å². The number of carbonyl (C=O) groups is 1. The lowest BCUT2D eigenvalue weighted by molar-refractivity contribution is -0.132. The molecule has 2 rings (SSSR count). The number of rotatable bonds is 1. The number of anilines is 1. The summed E-state index contributed by atoms with van der Waals surface area (Å²) in [4.78, 5) is 13.5. The van der Waals surface area contributed by atoms with Crippen molar-refractivity contribution < 1.29 is 4.79 Å². The molecule has 1 amide bonds. The van der Waals surface area contributed by atoms with Gasteiger partial charge in [0, 0.05) is 26.3 Å². The zero-order valence-electron chi connectivity index (χ0n) is 9.16. The molecular weight excluding hydrogens is 188 g/mol. The Labute approximate surface area is 90.1 Å². The van der Waals surface area contributed by atoms with Gasteiger partial charge in [0.1, 0.15) is 0 Å². The van der Waals surface area contributed by atoms with E-state index < -0.39 is 0 Å². The molecule has 0 aromatic heterocycles. The summed E-state index contributed by atoms with van der Waals surface area (Å²) in [5.41, 5.74) is 2.41. The summed E-state index contributed by atoms with van der Waals surface area (Å²) in [6, 6.07) is 8.17. The van der Waals surface area contributed by atoms with Gasteiger partial charge in [-0.3, -0.25) is 4.79 Å². The highest BCUT2D eigenvalue weighted by Gasteiger charge is 2.24. The normalized spacial score (nSPS) is 18.9. The van der Waals surface area contributed by atoms with E-state index in [1.54, 1.807) is 4.90 Å². The predicted molar refractivity (Wildman–Crippen MR) is 60.8 cm³/mol. The summed E-state index contributed by atoms with van der Waals surface area (Å²) in [6.45, 7) is 0.744. The van der Waals surface area contributed by atoms with Crippen molar-refractivity contribution in [1.82, 2.24) is 4.90 Å². The number of fused-ring (bicyclic) bond motifs is 1. The number of para-hydroxylation sites is 1. The molecule has 0 aliphatic carbocycles. The second kappa shape index (κ2) is 3.93. The maximum absolute atomic E-state index is 11.8. The predicted octanol–water partition coefficient (Wildman–Crippen LogP) is 1.36. The number of benzene rings is 1. The average molecular weight is 204 g/mol. The van der Waals surface area contributed by atoms with Gasteiger partial charge in [-0.05, 0) is 18.1 Å². The van der Waals surface area contributed by atoms with Gasteiger partial charge in [-0.2, -0.15) is 0 Å². The van der Waals surface area contributed by atoms with Crippen molar-refractivity contribution in [3.63, 3.8) is 0 Å². The minimum Gasteiger partial charge on any atom is -0.384 e. The molecule has 1 aromatic rings. The molecule has 0 radical (unpaired) electrons. The first-order chi connectivity index (χ1) is 7.18. The fourth-order valence-electron chi connectivity index (χ4n) is 1.98. The fourth-order valence-corrected chi connectivity index (χ4v) is 1.98. The van der Waals surface area contributed by atoms with E-state index in [1.165, 1.54) is 11.3 Å². The third-order valence-corrected chi connectivity index (χ3v) is 2.81. The van der Waals surface area contributed by atoms with E-state index in [-0.39, 0.29) is 11.8 Å². The molecule has 3 heteroatoms. The first kappa shape index (κ1) is 10.0. The van der Waals surface area contributed by atoms with Crippen molar-refractivity contribution in [2.75, 3.05) is 26.0 Å². The van der Waals surface area contributed by atoms with Crippen LogP contribution in [0.4, 0.5) is 5.69 Å². The van der Waals surface area contributed by atoms with Crippen LogP contribution in [0.3, 0.4) is 0 Å². The third kappa shape index (κ3) is 1.96. The van der Waals surface area contributed by atoms with Crippen LogP contribution in [0.2, 0.25) is 0 Å². The number of hydrogen-bond acceptors (Lipinski definition) is 2. The van der Waals surface area contributed by atoms with Gasteiger partial charge in [0.25, 0.3) is 0 Å². The molecule has 1 N–H and O–H groups in total. The molecule has 0 unspecified atom stereocenters. The Morgan fingerprint density at radius 2 is 2.13 bits per heavy atom. The first-order valence-corrected chi connectivity index (χ1v) is 5.21. The molecule has 0 fully saturated rings. The van der Waals surface area contributed by atoms with Crippen LogP contribution in [-0.4, -0.2) is 31.4 Å². The second-order valence-electron chi connectivity index (χ2n) is 4.17. The second-order valence-corrected chi connectivity index (χ2v) is 4.17. The number of hydrogen-bond donors (Lipinski definition) is 1. The number of carbonyl (C=O) groups excluding carboxylic acids is 1. The van der Waals surface area contributed by atoms with Crippen molar-refractivity contribution in [2.24, 2.45) is 5.92 Å². The lowest BCUT2D eigenvalue weighted by Crippen LogP contribution is -2.37. The van der Waals surface area contributed by atoms with Gasteiger partial charge in [0.05, 0.1) is 5.92 Å². The third-order valence-electron chi connectivity index (χ3n) is 2.81. The molecule has 15 heavy (non-hydrogen) atoms. The molecular formula is C12H16N2O. The minimum atomic E-state index is 0.0786. The highest BCUT2D eigenvalue weighted by molar-refractivity contribution is 5.80. The molecule has 1 heterocycles. The Kier molecular flexibility index (Phi) is 2.62. The molecule has 3 nitrogen and oxygen atoms in total. The Bertz CT molecular complexity index is 374. The maximum atomic E-state index is 11.8. The Morgan fingerprint density at radius 1 is 1.40 bits per heavy atom. The van der Waals surface area contributed by atoms with Crippen LogP contribution in [0.25, 0.3) is 0 Å². The van der Waals surface area contributed by atoms with Gasteiger partial charge in [0.15, 0.2) is 0 Å². The van der Waals surface area contributed by atoms with Crippen LogP contribution in [-0.2, 0) is 11.2 Å². The van der Waals surface area contributed by atoms with Gasteiger partial charge >= 0.3 is 0 Å². The van der Waals surface area contributed by atoms with Crippen LogP contribution >= 0.6 is 0 Å². The van der Waals surface area contributed by atoms with E-state index in [0.717, 1.165) is 13.0 Å². The van der Waals surface area contributed by atoms with Gasteiger partial charge in [0.2, 0.25) is 5.91 Å². The monoisotopic (exact) mass is 204 g/mol. The van der Waals surface area contributed by atoms with Crippen LogP contribution < -0.4 is 5.32 Å². The van der Waals surface area contributed by atoms with Crippen LogP contribution in [0.15, 0.2) is 24.3 Å². The lowest BCUT2D eigenvalue weighted by atomic mass is 9.93. The smallest absolute Gasteiger partial charge is 0.227 e. The summed E-state index contributed by atoms with van der Waals surface area (Å²) in [6.07, 6.45) is 0.847. The quantitative estimate of drug-likeness (QED) is 0.749. The Morgan fingerprint density at radius 3 is 2.87 bits per heavy atom. The number of amides is 1. The molecule has 0 saturated heterocycles. The molecule has 80 valence electrons. The van der Waals surface area contributed by atoms with Gasteiger partial charge in [-0.25, -0.2) is 0 Å². The first-order valence-electron chi connectivity index (χ1n) is 5.21. The van der Waals surface area contributed by atoms with Crippen molar-refractivity contribution in [1.29, 1.82) is 0 Å². The summed E-state index contributed by atoms with van der Waals surface area (Å²) in [7, 11) is 3.62. The number of nitrogens with one attached hydrogen (secondary N) is 1. The summed E-state index contributed by atoms with van der Waals surface area (Å²) in [5.74, 6) is 0.284. The SMILES string of the molecule is CN(C)C(=O)[C@H]1CNc2ccccc2C1. The summed E-state index contributed by atoms with van der Waals surface area (Å²) in [5, 5.41) is 3.30. The molecule has 0 bridgehead atoms. The van der Waals surface area contributed by atoms with Crippen molar-refractivity contribution >= 4 is 11.6 Å². The largest absolute Gasteiger partial charge is 0.384 e. The zero-order valence-corrected chi connectivity index (χ0v) is 9.16. The van der Waals surface area contributed by atoms with Crippen LogP contribution in [0, 0.1) is 5.92 Å². The highest BCUT2D eigenvalue weighted by Crippen LogP contribution is 2.24. The van der Waals surface area contributed by atoms with Crippen LogP contribution in [0.1, 0.15) is 5.56 Å². The van der Waals surface area contributed by atoms with E-state index in [9.17, 15) is 4.79 Å². The highest BCUT2D eigenvalue weighted by atomic mass is 16.2. The summed E-state index contributed by atoms with van der Waals surface area (Å²) < 4.78 is 0. The number of nitrogens with zero attached hydrogens (tertiary/aromatic N) is 1. The van der Waals surface area contributed by atoms with E-state index >= 15 is 0 Å². The molecule has 0 saturated carbocycles. The lowest BCUT2D eigenvalue weighted by Gasteiger charge is -2.27. The van der Waals surface area contributed by atoms with E-state index in [2.05, 4.69) is 17.4 Å². The zero-order chi connectivity index (χ0) is 10.8. The molecule has 1 atom stereocenters. The maximum Gasteiger partial charge on any atom is 0.227 e. The van der Waals surface area contributed by atoms with E-state index in [0.29, 0.717) is 0 Å². The Balaban J connectivity index is 2.15. The fraction of sp³-hybridized carbons (Fsp3) is 0.417. The standard InChI is InChI=1S/C12H16N2O/c1-14(2)12(15)10-7-9-5-3-4-6-11(9)13-8-10/h3-6,10,13H,7-8H2,1-2H3/t10-/m1/s1. The Hall–Kier alpha value is -1.51. The molecule has 1 aromatic carbocycles. The van der Waals surface area contributed by atoms with Crippen molar-refractivity contribution in [3.05, 3.63) is 29.8 Å². The topological polar surface area (TPSA) is 32.3 Å². The van der Waals surface area contributed by atoms with Gasteiger partial charge < -0.3 is 10.2 Å². The van der Waals surface area contributed by atoms with Crippen molar-refractivity contribution in [3.8, 4) is 0 Å². The van der Waals surface area contributed by atoms with Gasteiger partial charge in [-0.15, -0.1) is 0 Å². The summed E-state index contributed by atoms with van der Waals surface area (Å²) >= 11 is 0. The minimum absolute atomic E-state index is 0.0786. The van der Waals surface area contributed by atoms with Crippen molar-refractivity contribution in [2.45, 2.75) is 6.42 Å². The average Bonchev–Trinajstić information content (AvgIpc) is 2.27. The molecule has 0 spiro atoms. The van der Waals surface area contributed by atoms with E-state index in [1.807, 2.05) is 26.2 Å².